The fourth-order valence-electron chi connectivity index (χ4n) is 1.67. The molecule has 2 rings (SSSR count). The van der Waals surface area contributed by atoms with Crippen molar-refractivity contribution in [2.24, 2.45) is 12.8 Å². The number of nitrogens with zero attached hydrogens (tertiary/aromatic N) is 2. The van der Waals surface area contributed by atoms with Crippen molar-refractivity contribution >= 4 is 11.8 Å². The van der Waals surface area contributed by atoms with Gasteiger partial charge in [0.05, 0.1) is 16.7 Å². The molecule has 102 valence electrons. The van der Waals surface area contributed by atoms with Crippen molar-refractivity contribution in [2.75, 3.05) is 0 Å². The number of alkyl halides is 3. The normalized spacial score (nSPS) is 11.8. The maximum atomic E-state index is 12.7. The molecule has 1 heterocycles. The molecule has 0 amide bonds. The van der Waals surface area contributed by atoms with Crippen LogP contribution in [0.2, 0.25) is 0 Å². The van der Waals surface area contributed by atoms with E-state index in [0.29, 0.717) is 4.90 Å². The van der Waals surface area contributed by atoms with Gasteiger partial charge in [-0.1, -0.05) is 11.8 Å². The zero-order valence-electron chi connectivity index (χ0n) is 10.1. The molecule has 0 fully saturated rings. The molecule has 0 aliphatic carbocycles. The number of nitrogens with two attached hydrogens (primary N) is 1. The van der Waals surface area contributed by atoms with Crippen molar-refractivity contribution in [3.63, 3.8) is 0 Å². The number of benzene rings is 1. The molecule has 0 saturated carbocycles. The lowest BCUT2D eigenvalue weighted by Gasteiger charge is -2.12. The summed E-state index contributed by atoms with van der Waals surface area (Å²) in [5.74, 6) is 0. The Hall–Kier alpha value is -1.47. The van der Waals surface area contributed by atoms with Crippen molar-refractivity contribution in [3.05, 3.63) is 41.7 Å². The van der Waals surface area contributed by atoms with Gasteiger partial charge >= 0.3 is 6.18 Å². The molecule has 0 atom stereocenters. The van der Waals surface area contributed by atoms with Crippen LogP contribution in [0.25, 0.3) is 0 Å². The number of hydrogen-bond donors (Lipinski definition) is 1. The maximum absolute atomic E-state index is 12.7. The standard InChI is InChI=1S/C12H12F3N3S/c1-18-7-10(6-17-18)19-9-2-3-11(12(13,14)15)8(4-9)5-16/h2-4,6-7H,5,16H2,1H3. The van der Waals surface area contributed by atoms with Crippen LogP contribution in [-0.4, -0.2) is 9.78 Å². The largest absolute Gasteiger partial charge is 0.416 e. The van der Waals surface area contributed by atoms with E-state index in [1.165, 1.54) is 23.9 Å². The minimum absolute atomic E-state index is 0.0985. The summed E-state index contributed by atoms with van der Waals surface area (Å²) >= 11 is 1.35. The fourth-order valence-corrected chi connectivity index (χ4v) is 2.58. The van der Waals surface area contributed by atoms with Crippen LogP contribution in [0.15, 0.2) is 40.4 Å². The van der Waals surface area contributed by atoms with E-state index >= 15 is 0 Å². The minimum atomic E-state index is -4.37. The van der Waals surface area contributed by atoms with Gasteiger partial charge in [-0.25, -0.2) is 0 Å². The number of halogens is 3. The van der Waals surface area contributed by atoms with Gasteiger partial charge in [-0.05, 0) is 23.8 Å². The second kappa shape index (κ2) is 5.26. The third-order valence-corrected chi connectivity index (χ3v) is 3.46. The average Bonchev–Trinajstić information content (AvgIpc) is 2.73. The second-order valence-corrected chi connectivity index (χ2v) is 5.12. The number of rotatable bonds is 3. The molecule has 1 aromatic heterocycles. The van der Waals surface area contributed by atoms with Crippen LogP contribution < -0.4 is 5.73 Å². The summed E-state index contributed by atoms with van der Waals surface area (Å²) in [6.45, 7) is -0.143. The summed E-state index contributed by atoms with van der Waals surface area (Å²) in [6, 6.07) is 3.99. The maximum Gasteiger partial charge on any atom is 0.416 e. The van der Waals surface area contributed by atoms with Crippen LogP contribution in [-0.2, 0) is 19.8 Å². The SMILES string of the molecule is Cn1cc(Sc2ccc(C(F)(F)F)c(CN)c2)cn1. The topological polar surface area (TPSA) is 43.8 Å². The Morgan fingerprint density at radius 3 is 2.58 bits per heavy atom. The minimum Gasteiger partial charge on any atom is -0.326 e. The lowest BCUT2D eigenvalue weighted by atomic mass is 10.1. The predicted molar refractivity (Wildman–Crippen MR) is 66.7 cm³/mol. The van der Waals surface area contributed by atoms with Crippen LogP contribution in [0.1, 0.15) is 11.1 Å². The second-order valence-electron chi connectivity index (χ2n) is 3.97. The lowest BCUT2D eigenvalue weighted by Crippen LogP contribution is -2.11. The highest BCUT2D eigenvalue weighted by Gasteiger charge is 2.32. The number of aromatic nitrogens is 2. The number of aryl methyl sites for hydroxylation is 1. The molecule has 0 bridgehead atoms. The first kappa shape index (κ1) is 14.0. The molecular weight excluding hydrogens is 275 g/mol. The van der Waals surface area contributed by atoms with Crippen molar-refractivity contribution in [3.8, 4) is 0 Å². The van der Waals surface area contributed by atoms with E-state index in [1.807, 2.05) is 0 Å². The quantitative estimate of drug-likeness (QED) is 0.943. The Morgan fingerprint density at radius 2 is 2.05 bits per heavy atom. The molecular formula is C12H12F3N3S. The summed E-state index contributed by atoms with van der Waals surface area (Å²) in [7, 11) is 1.78. The zero-order valence-corrected chi connectivity index (χ0v) is 10.9. The fraction of sp³-hybridized carbons (Fsp3) is 0.250. The van der Waals surface area contributed by atoms with E-state index < -0.39 is 11.7 Å². The van der Waals surface area contributed by atoms with Gasteiger partial charge < -0.3 is 5.73 Å². The summed E-state index contributed by atoms with van der Waals surface area (Å²) in [6.07, 6.45) is -0.916. The molecule has 3 nitrogen and oxygen atoms in total. The molecule has 0 aliphatic rings. The van der Waals surface area contributed by atoms with Gasteiger partial charge in [-0.2, -0.15) is 18.3 Å². The molecule has 2 aromatic rings. The Morgan fingerprint density at radius 1 is 1.32 bits per heavy atom. The van der Waals surface area contributed by atoms with Gasteiger partial charge in [0.15, 0.2) is 0 Å². The summed E-state index contributed by atoms with van der Waals surface area (Å²) in [4.78, 5) is 1.58. The average molecular weight is 287 g/mol. The van der Waals surface area contributed by atoms with Crippen molar-refractivity contribution in [1.29, 1.82) is 0 Å². The van der Waals surface area contributed by atoms with Gasteiger partial charge in [0.25, 0.3) is 0 Å². The highest BCUT2D eigenvalue weighted by atomic mass is 32.2. The van der Waals surface area contributed by atoms with Crippen molar-refractivity contribution in [2.45, 2.75) is 22.5 Å². The molecule has 0 aliphatic heterocycles. The van der Waals surface area contributed by atoms with Crippen LogP contribution >= 0.6 is 11.8 Å². The van der Waals surface area contributed by atoms with Gasteiger partial charge in [0, 0.05) is 24.7 Å². The van der Waals surface area contributed by atoms with Crippen molar-refractivity contribution in [1.82, 2.24) is 9.78 Å². The van der Waals surface area contributed by atoms with E-state index in [1.54, 1.807) is 24.1 Å². The summed E-state index contributed by atoms with van der Waals surface area (Å²) in [5.41, 5.74) is 4.81. The van der Waals surface area contributed by atoms with Gasteiger partial charge in [0.2, 0.25) is 0 Å². The van der Waals surface area contributed by atoms with Gasteiger partial charge in [-0.15, -0.1) is 0 Å². The van der Waals surface area contributed by atoms with Crippen LogP contribution in [0, 0.1) is 0 Å². The first-order valence-corrected chi connectivity index (χ1v) is 6.28. The van der Waals surface area contributed by atoms with Crippen LogP contribution in [0.4, 0.5) is 13.2 Å². The monoisotopic (exact) mass is 287 g/mol. The third kappa shape index (κ3) is 3.30. The molecule has 7 heteroatoms. The first-order chi connectivity index (χ1) is 8.90. The van der Waals surface area contributed by atoms with Crippen molar-refractivity contribution < 1.29 is 13.2 Å². The molecule has 0 spiro atoms. The Balaban J connectivity index is 2.29. The molecule has 1 aromatic carbocycles. The first-order valence-electron chi connectivity index (χ1n) is 5.47. The van der Waals surface area contributed by atoms with E-state index in [4.69, 9.17) is 5.73 Å². The highest BCUT2D eigenvalue weighted by Crippen LogP contribution is 2.35. The molecule has 0 unspecified atom stereocenters. The smallest absolute Gasteiger partial charge is 0.326 e. The summed E-state index contributed by atoms with van der Waals surface area (Å²) in [5, 5.41) is 4.00. The van der Waals surface area contributed by atoms with Crippen LogP contribution in [0.3, 0.4) is 0 Å². The van der Waals surface area contributed by atoms with E-state index in [9.17, 15) is 13.2 Å². The zero-order chi connectivity index (χ0) is 14.0. The van der Waals surface area contributed by atoms with Gasteiger partial charge in [-0.3, -0.25) is 4.68 Å². The number of hydrogen-bond acceptors (Lipinski definition) is 3. The molecule has 2 N–H and O–H groups in total. The molecule has 0 radical (unpaired) electrons. The third-order valence-electron chi connectivity index (χ3n) is 2.52. The Bertz CT molecular complexity index is 578. The Kier molecular flexibility index (Phi) is 3.86. The van der Waals surface area contributed by atoms with E-state index in [0.717, 1.165) is 11.0 Å². The lowest BCUT2D eigenvalue weighted by molar-refractivity contribution is -0.138. The molecule has 0 saturated heterocycles. The van der Waals surface area contributed by atoms with Crippen LogP contribution in [0.5, 0.6) is 0 Å². The highest BCUT2D eigenvalue weighted by molar-refractivity contribution is 7.99. The summed E-state index contributed by atoms with van der Waals surface area (Å²) < 4.78 is 39.8. The van der Waals surface area contributed by atoms with E-state index in [2.05, 4.69) is 5.10 Å². The Labute approximate surface area is 112 Å². The predicted octanol–water partition coefficient (Wildman–Crippen LogP) is 3.05. The van der Waals surface area contributed by atoms with Gasteiger partial charge in [0.1, 0.15) is 0 Å². The van der Waals surface area contributed by atoms with E-state index in [-0.39, 0.29) is 12.1 Å². The molecule has 19 heavy (non-hydrogen) atoms.